The van der Waals surface area contributed by atoms with Crippen molar-refractivity contribution >= 4 is 24.9 Å². The zero-order valence-corrected chi connectivity index (χ0v) is 7.09. The average molecular weight is 218 g/mol. The molecule has 0 bridgehead atoms. The molecule has 0 aromatic carbocycles. The first-order valence-corrected chi connectivity index (χ1v) is 3.39. The van der Waals surface area contributed by atoms with Crippen molar-refractivity contribution in [2.75, 3.05) is 13.2 Å². The van der Waals surface area contributed by atoms with Crippen molar-refractivity contribution in [1.82, 2.24) is 0 Å². The van der Waals surface area contributed by atoms with Gasteiger partial charge in [-0.1, -0.05) is 0 Å². The molecule has 54 valence electrons. The molecule has 2 N–H and O–H groups in total. The maximum Gasteiger partial charge on any atom is 2.00 e. The third kappa shape index (κ3) is 11.9. The van der Waals surface area contributed by atoms with Crippen molar-refractivity contribution < 1.29 is 18.9 Å². The number of rotatable bonds is 3. The Morgan fingerprint density at radius 3 is 2.11 bits per heavy atom. The van der Waals surface area contributed by atoms with Gasteiger partial charge < -0.3 is 24.6 Å². The molecule has 0 aromatic heterocycles. The van der Waals surface area contributed by atoms with Crippen LogP contribution in [0.2, 0.25) is 0 Å². The molecular formula is C2H6NO4PSe. The fourth-order valence-corrected chi connectivity index (χ4v) is 0.494. The van der Waals surface area contributed by atoms with E-state index in [4.69, 9.17) is 5.73 Å². The zero-order chi connectivity index (χ0) is 6.62. The summed E-state index contributed by atoms with van der Waals surface area (Å²) in [7, 11) is -4.76. The molecule has 0 aliphatic heterocycles. The number of hydrogen-bond donors (Lipinski definition) is 1. The van der Waals surface area contributed by atoms with Gasteiger partial charge in [-0.3, -0.25) is 0 Å². The van der Waals surface area contributed by atoms with E-state index in [0.29, 0.717) is 0 Å². The van der Waals surface area contributed by atoms with Gasteiger partial charge in [0.1, 0.15) is 0 Å². The third-order valence-corrected chi connectivity index (χ3v) is 0.866. The van der Waals surface area contributed by atoms with Crippen LogP contribution in [0.3, 0.4) is 0 Å². The average Bonchev–Trinajstić information content (AvgIpc) is 1.59. The van der Waals surface area contributed by atoms with E-state index in [1.807, 2.05) is 0 Å². The van der Waals surface area contributed by atoms with Crippen molar-refractivity contribution in [3.63, 3.8) is 0 Å². The molecule has 0 aliphatic rings. The number of phosphoric ester groups is 1. The molecule has 0 amide bonds. The Morgan fingerprint density at radius 1 is 1.56 bits per heavy atom. The van der Waals surface area contributed by atoms with Gasteiger partial charge in [-0.05, 0) is 0 Å². The van der Waals surface area contributed by atoms with E-state index in [0.717, 1.165) is 0 Å². The van der Waals surface area contributed by atoms with Gasteiger partial charge in [-0.25, -0.2) is 0 Å². The minimum absolute atomic E-state index is 0. The third-order valence-electron chi connectivity index (χ3n) is 0.367. The van der Waals surface area contributed by atoms with Crippen molar-refractivity contribution in [3.8, 4) is 0 Å². The van der Waals surface area contributed by atoms with E-state index in [2.05, 4.69) is 4.52 Å². The molecule has 0 fully saturated rings. The summed E-state index contributed by atoms with van der Waals surface area (Å²) in [6.07, 6.45) is 0. The largest absolute Gasteiger partial charge is 2.00 e. The number of phosphoric acid groups is 1. The summed E-state index contributed by atoms with van der Waals surface area (Å²) in [6, 6.07) is 0. The first kappa shape index (κ1) is 12.3. The van der Waals surface area contributed by atoms with Crippen LogP contribution in [0.25, 0.3) is 0 Å². The summed E-state index contributed by atoms with van der Waals surface area (Å²) in [5.41, 5.74) is 4.81. The molecule has 0 unspecified atom stereocenters. The Hall–Kier alpha value is 0.589. The first-order valence-electron chi connectivity index (χ1n) is 1.93. The molecule has 9 heavy (non-hydrogen) atoms. The van der Waals surface area contributed by atoms with Crippen LogP contribution < -0.4 is 15.5 Å². The van der Waals surface area contributed by atoms with Crippen molar-refractivity contribution in [2.45, 2.75) is 0 Å². The van der Waals surface area contributed by atoms with Gasteiger partial charge in [0.05, 0.1) is 14.4 Å². The van der Waals surface area contributed by atoms with E-state index in [1.54, 1.807) is 0 Å². The molecule has 0 atom stereocenters. The van der Waals surface area contributed by atoms with Gasteiger partial charge in [-0.15, -0.1) is 0 Å². The Kier molecular flexibility index (Phi) is 7.34. The summed E-state index contributed by atoms with van der Waals surface area (Å²) in [5, 5.41) is 0. The molecule has 0 aromatic rings. The van der Waals surface area contributed by atoms with Gasteiger partial charge in [0.25, 0.3) is 0 Å². The normalized spacial score (nSPS) is 10.6. The van der Waals surface area contributed by atoms with E-state index in [9.17, 15) is 14.4 Å². The van der Waals surface area contributed by atoms with E-state index >= 15 is 0 Å². The SMILES string of the molecule is NCCOP(=O)([O-])[O-].[Se+2]. The molecule has 0 heterocycles. The second-order valence-corrected chi connectivity index (χ2v) is 2.22. The van der Waals surface area contributed by atoms with E-state index in [-0.39, 0.29) is 30.2 Å². The van der Waals surface area contributed by atoms with Crippen LogP contribution in [0.1, 0.15) is 0 Å². The van der Waals surface area contributed by atoms with E-state index in [1.165, 1.54) is 0 Å². The van der Waals surface area contributed by atoms with Gasteiger partial charge in [0.2, 0.25) is 0 Å². The standard InChI is InChI=1S/C2H8NO4P.Se/c3-1-2-7-8(4,5)6;/h1-3H2,(H2,4,5,6);/q;+2/p-2. The topological polar surface area (TPSA) is 98.4 Å². The molecule has 0 saturated heterocycles. The second kappa shape index (κ2) is 5.38. The minimum Gasteiger partial charge on any atom is -0.790 e. The van der Waals surface area contributed by atoms with Gasteiger partial charge in [0.15, 0.2) is 0 Å². The number of nitrogens with two attached hydrogens (primary N) is 1. The first-order chi connectivity index (χ1) is 3.56. The van der Waals surface area contributed by atoms with E-state index < -0.39 is 7.82 Å². The van der Waals surface area contributed by atoms with Gasteiger partial charge in [0, 0.05) is 6.54 Å². The molecule has 0 spiro atoms. The quantitative estimate of drug-likeness (QED) is 0.414. The zero-order valence-electron chi connectivity index (χ0n) is 4.48. The molecule has 0 aliphatic carbocycles. The molecular weight excluding hydrogens is 212 g/mol. The predicted octanol–water partition coefficient (Wildman–Crippen LogP) is -2.59. The monoisotopic (exact) mass is 219 g/mol. The smallest absolute Gasteiger partial charge is 0.790 e. The fraction of sp³-hybridized carbons (Fsp3) is 1.00. The van der Waals surface area contributed by atoms with Crippen molar-refractivity contribution in [2.24, 2.45) is 5.73 Å². The Labute approximate surface area is 63.3 Å². The van der Waals surface area contributed by atoms with Crippen LogP contribution >= 0.6 is 7.82 Å². The molecule has 5 nitrogen and oxygen atoms in total. The van der Waals surface area contributed by atoms with Crippen molar-refractivity contribution in [1.29, 1.82) is 0 Å². The summed E-state index contributed by atoms with van der Waals surface area (Å²) in [5.74, 6) is 0. The van der Waals surface area contributed by atoms with Crippen molar-refractivity contribution in [3.05, 3.63) is 0 Å². The number of hydrogen-bond acceptors (Lipinski definition) is 5. The Balaban J connectivity index is 0. The summed E-state index contributed by atoms with van der Waals surface area (Å²) < 4.78 is 13.3. The second-order valence-electron chi connectivity index (χ2n) is 1.07. The van der Waals surface area contributed by atoms with Gasteiger partial charge >= 0.3 is 17.1 Å². The summed E-state index contributed by atoms with van der Waals surface area (Å²) in [4.78, 5) is 19.2. The fourth-order valence-electron chi connectivity index (χ4n) is 0.165. The summed E-state index contributed by atoms with van der Waals surface area (Å²) >= 11 is 0. The summed E-state index contributed by atoms with van der Waals surface area (Å²) in [6.45, 7) is -0.196. The van der Waals surface area contributed by atoms with Crippen LogP contribution in [-0.2, 0) is 9.09 Å². The van der Waals surface area contributed by atoms with Gasteiger partial charge in [-0.2, -0.15) is 0 Å². The van der Waals surface area contributed by atoms with Crippen LogP contribution in [-0.4, -0.2) is 30.2 Å². The maximum atomic E-state index is 9.58. The Bertz CT molecular complexity index is 103. The van der Waals surface area contributed by atoms with Crippen LogP contribution in [0, 0.1) is 0 Å². The maximum absolute atomic E-state index is 9.58. The predicted molar refractivity (Wildman–Crippen MR) is 28.4 cm³/mol. The molecule has 0 saturated carbocycles. The van der Waals surface area contributed by atoms with Crippen LogP contribution in [0.15, 0.2) is 0 Å². The van der Waals surface area contributed by atoms with Crippen LogP contribution in [0.5, 0.6) is 0 Å². The molecule has 7 heteroatoms. The molecule has 0 rings (SSSR count). The minimum atomic E-state index is -4.76. The van der Waals surface area contributed by atoms with Crippen LogP contribution in [0.4, 0.5) is 0 Å². The molecule has 4 radical (unpaired) electrons. The Morgan fingerprint density at radius 2 is 2.00 bits per heavy atom.